The van der Waals surface area contributed by atoms with Crippen molar-refractivity contribution < 1.29 is 14.3 Å². The molecule has 106 valence electrons. The Labute approximate surface area is 125 Å². The lowest BCUT2D eigenvalue weighted by Gasteiger charge is -2.01. The van der Waals surface area contributed by atoms with Gasteiger partial charge >= 0.3 is 0 Å². The van der Waals surface area contributed by atoms with Crippen molar-refractivity contribution in [3.63, 3.8) is 0 Å². The average Bonchev–Trinajstić information content (AvgIpc) is 2.95. The number of rotatable bonds is 5. The number of nitrogens with zero attached hydrogens (tertiary/aromatic N) is 2. The van der Waals surface area contributed by atoms with E-state index in [-0.39, 0.29) is 6.42 Å². The van der Waals surface area contributed by atoms with Crippen LogP contribution in [0.1, 0.15) is 6.42 Å². The zero-order valence-corrected chi connectivity index (χ0v) is 11.8. The maximum Gasteiger partial charge on any atom is 0.276 e. The smallest absolute Gasteiger partial charge is 0.276 e. The third-order valence-electron chi connectivity index (χ3n) is 2.96. The predicted octanol–water partition coefficient (Wildman–Crippen LogP) is 2.12. The van der Waals surface area contributed by atoms with E-state index in [4.69, 9.17) is 4.42 Å². The standard InChI is InChI=1S/C15H12N2O3S/c18-13(19)8-9-21-15-17-16-14(20-15)12-7-3-5-10-4-1-2-6-11(10)12/h1-7H,8-9H2,(H,18,19)/p-1. The summed E-state index contributed by atoms with van der Waals surface area (Å²) in [7, 11) is 0. The van der Waals surface area contributed by atoms with Crippen LogP contribution in [0.5, 0.6) is 0 Å². The lowest BCUT2D eigenvalue weighted by molar-refractivity contribution is -0.305. The lowest BCUT2D eigenvalue weighted by atomic mass is 10.0. The molecule has 0 unspecified atom stereocenters. The minimum atomic E-state index is -1.09. The first kappa shape index (κ1) is 13.6. The van der Waals surface area contributed by atoms with Crippen LogP contribution in [0.25, 0.3) is 22.2 Å². The number of thioether (sulfide) groups is 1. The molecule has 0 spiro atoms. The second kappa shape index (κ2) is 5.97. The lowest BCUT2D eigenvalue weighted by Crippen LogP contribution is -2.22. The van der Waals surface area contributed by atoms with Gasteiger partial charge in [-0.15, -0.1) is 10.2 Å². The van der Waals surface area contributed by atoms with Crippen LogP contribution in [0.3, 0.4) is 0 Å². The third kappa shape index (κ3) is 3.05. The topological polar surface area (TPSA) is 79.0 Å². The highest BCUT2D eigenvalue weighted by molar-refractivity contribution is 7.99. The molecule has 3 aromatic rings. The zero-order valence-electron chi connectivity index (χ0n) is 11.0. The second-order valence-electron chi connectivity index (χ2n) is 4.37. The average molecular weight is 299 g/mol. The van der Waals surface area contributed by atoms with Crippen LogP contribution < -0.4 is 5.11 Å². The summed E-state index contributed by atoms with van der Waals surface area (Å²) in [6.45, 7) is 0. The highest BCUT2D eigenvalue weighted by Crippen LogP contribution is 2.29. The molecule has 1 aromatic heterocycles. The third-order valence-corrected chi connectivity index (χ3v) is 3.78. The molecular weight excluding hydrogens is 288 g/mol. The van der Waals surface area contributed by atoms with Gasteiger partial charge in [0.2, 0.25) is 5.89 Å². The van der Waals surface area contributed by atoms with Crippen LogP contribution in [0.2, 0.25) is 0 Å². The van der Waals surface area contributed by atoms with E-state index < -0.39 is 5.97 Å². The van der Waals surface area contributed by atoms with Crippen molar-refractivity contribution in [2.75, 3.05) is 5.75 Å². The number of benzene rings is 2. The molecule has 1 heterocycles. The van der Waals surface area contributed by atoms with E-state index in [0.717, 1.165) is 16.3 Å². The second-order valence-corrected chi connectivity index (χ2v) is 5.42. The fourth-order valence-electron chi connectivity index (χ4n) is 2.01. The molecule has 0 aliphatic rings. The first-order valence-electron chi connectivity index (χ1n) is 6.38. The molecule has 2 aromatic carbocycles. The van der Waals surface area contributed by atoms with Crippen molar-refractivity contribution in [1.29, 1.82) is 0 Å². The molecular formula is C15H11N2O3S-. The van der Waals surface area contributed by atoms with Gasteiger partial charge in [-0.25, -0.2) is 0 Å². The number of aliphatic carboxylic acids is 1. The van der Waals surface area contributed by atoms with E-state index in [2.05, 4.69) is 10.2 Å². The number of carboxylic acid groups (broad SMARTS) is 1. The van der Waals surface area contributed by atoms with Gasteiger partial charge < -0.3 is 14.3 Å². The Balaban J connectivity index is 1.86. The van der Waals surface area contributed by atoms with E-state index in [9.17, 15) is 9.90 Å². The fraction of sp³-hybridized carbons (Fsp3) is 0.133. The van der Waals surface area contributed by atoms with Crippen LogP contribution in [0.4, 0.5) is 0 Å². The number of fused-ring (bicyclic) bond motifs is 1. The van der Waals surface area contributed by atoms with Gasteiger partial charge in [0.25, 0.3) is 5.22 Å². The van der Waals surface area contributed by atoms with Crippen LogP contribution in [-0.4, -0.2) is 21.9 Å². The SMILES string of the molecule is O=C([O-])CCSc1nnc(-c2cccc3ccccc23)o1. The van der Waals surface area contributed by atoms with Gasteiger partial charge in [-0.3, -0.25) is 0 Å². The van der Waals surface area contributed by atoms with Gasteiger partial charge in [0.1, 0.15) is 0 Å². The summed E-state index contributed by atoms with van der Waals surface area (Å²) in [6, 6.07) is 13.8. The molecule has 0 saturated carbocycles. The Morgan fingerprint density at radius 1 is 1.14 bits per heavy atom. The first-order valence-corrected chi connectivity index (χ1v) is 7.37. The van der Waals surface area contributed by atoms with E-state index in [1.54, 1.807) is 0 Å². The molecule has 5 nitrogen and oxygen atoms in total. The van der Waals surface area contributed by atoms with E-state index in [1.165, 1.54) is 11.8 Å². The minimum absolute atomic E-state index is 0.0450. The number of hydrogen-bond donors (Lipinski definition) is 0. The van der Waals surface area contributed by atoms with Gasteiger partial charge in [-0.05, 0) is 23.3 Å². The molecule has 0 bridgehead atoms. The fourth-order valence-corrected chi connectivity index (χ4v) is 2.69. The Hall–Kier alpha value is -2.34. The van der Waals surface area contributed by atoms with Crippen molar-refractivity contribution in [2.45, 2.75) is 11.6 Å². The summed E-state index contributed by atoms with van der Waals surface area (Å²) in [6.07, 6.45) is -0.0450. The molecule has 0 N–H and O–H groups in total. The summed E-state index contributed by atoms with van der Waals surface area (Å²) in [5.41, 5.74) is 0.868. The van der Waals surface area contributed by atoms with E-state index >= 15 is 0 Å². The van der Waals surface area contributed by atoms with E-state index in [0.29, 0.717) is 16.9 Å². The maximum absolute atomic E-state index is 10.4. The van der Waals surface area contributed by atoms with Gasteiger partial charge in [0, 0.05) is 17.3 Å². The summed E-state index contributed by atoms with van der Waals surface area (Å²) in [4.78, 5) is 10.4. The molecule has 3 rings (SSSR count). The Kier molecular flexibility index (Phi) is 3.87. The predicted molar refractivity (Wildman–Crippen MR) is 77.6 cm³/mol. The molecule has 0 radical (unpaired) electrons. The number of carbonyl (C=O) groups excluding carboxylic acids is 1. The maximum atomic E-state index is 10.4. The number of carboxylic acids is 1. The molecule has 6 heteroatoms. The van der Waals surface area contributed by atoms with Gasteiger partial charge in [-0.1, -0.05) is 48.2 Å². The van der Waals surface area contributed by atoms with Crippen molar-refractivity contribution in [3.8, 4) is 11.5 Å². The monoisotopic (exact) mass is 299 g/mol. The number of aromatic nitrogens is 2. The summed E-state index contributed by atoms with van der Waals surface area (Å²) >= 11 is 1.21. The van der Waals surface area contributed by atoms with Crippen molar-refractivity contribution in [2.24, 2.45) is 0 Å². The Bertz CT molecular complexity index is 780. The van der Waals surface area contributed by atoms with Crippen molar-refractivity contribution in [1.82, 2.24) is 10.2 Å². The quantitative estimate of drug-likeness (QED) is 0.671. The Morgan fingerprint density at radius 2 is 1.95 bits per heavy atom. The first-order chi connectivity index (χ1) is 10.2. The van der Waals surface area contributed by atoms with Crippen molar-refractivity contribution >= 4 is 28.5 Å². The summed E-state index contributed by atoms with van der Waals surface area (Å²) in [5, 5.41) is 20.8. The minimum Gasteiger partial charge on any atom is -0.550 e. The van der Waals surface area contributed by atoms with Crippen LogP contribution >= 0.6 is 11.8 Å². The molecule has 0 aliphatic carbocycles. The van der Waals surface area contributed by atoms with Crippen molar-refractivity contribution in [3.05, 3.63) is 42.5 Å². The summed E-state index contributed by atoms with van der Waals surface area (Å²) in [5.74, 6) is -0.307. The van der Waals surface area contributed by atoms with E-state index in [1.807, 2.05) is 42.5 Å². The molecule has 0 amide bonds. The molecule has 0 atom stereocenters. The zero-order chi connectivity index (χ0) is 14.7. The van der Waals surface area contributed by atoms with Crippen LogP contribution in [0, 0.1) is 0 Å². The Morgan fingerprint density at radius 3 is 2.81 bits per heavy atom. The highest BCUT2D eigenvalue weighted by Gasteiger charge is 2.11. The summed E-state index contributed by atoms with van der Waals surface area (Å²) < 4.78 is 5.59. The number of hydrogen-bond acceptors (Lipinski definition) is 6. The molecule has 0 saturated heterocycles. The molecule has 21 heavy (non-hydrogen) atoms. The number of carbonyl (C=O) groups is 1. The highest BCUT2D eigenvalue weighted by atomic mass is 32.2. The largest absolute Gasteiger partial charge is 0.550 e. The van der Waals surface area contributed by atoms with Gasteiger partial charge in [0.15, 0.2) is 0 Å². The van der Waals surface area contributed by atoms with Crippen LogP contribution in [0.15, 0.2) is 52.1 Å². The molecule has 0 fully saturated rings. The molecule has 0 aliphatic heterocycles. The van der Waals surface area contributed by atoms with Gasteiger partial charge in [-0.2, -0.15) is 0 Å². The van der Waals surface area contributed by atoms with Crippen LogP contribution in [-0.2, 0) is 4.79 Å². The van der Waals surface area contributed by atoms with Gasteiger partial charge in [0.05, 0.1) is 0 Å². The normalized spacial score (nSPS) is 10.9.